The number of benzene rings is 2. The maximum atomic E-state index is 5.82. The van der Waals surface area contributed by atoms with E-state index in [1.165, 1.54) is 0 Å². The van der Waals surface area contributed by atoms with E-state index in [2.05, 4.69) is 0 Å². The van der Waals surface area contributed by atoms with Crippen molar-refractivity contribution in [2.24, 2.45) is 0 Å². The summed E-state index contributed by atoms with van der Waals surface area (Å²) in [4.78, 5) is 0. The van der Waals surface area contributed by atoms with Gasteiger partial charge in [0.05, 0.1) is 12.8 Å². The van der Waals surface area contributed by atoms with E-state index in [1.807, 2.05) is 49.4 Å². The molecule has 0 aliphatic heterocycles. The quantitative estimate of drug-likeness (QED) is 0.820. The Balaban J connectivity index is 2.30. The van der Waals surface area contributed by atoms with Gasteiger partial charge in [-0.3, -0.25) is 0 Å². The summed E-state index contributed by atoms with van der Waals surface area (Å²) >= 11 is 0. The molecule has 2 rings (SSSR count). The van der Waals surface area contributed by atoms with Crippen LogP contribution in [0.4, 0.5) is 5.69 Å². The molecule has 0 aliphatic carbocycles. The Morgan fingerprint density at radius 1 is 1.00 bits per heavy atom. The summed E-state index contributed by atoms with van der Waals surface area (Å²) in [6, 6.07) is 13.1. The maximum absolute atomic E-state index is 5.82. The minimum Gasteiger partial charge on any atom is -0.497 e. The van der Waals surface area contributed by atoms with Crippen molar-refractivity contribution in [2.75, 3.05) is 12.8 Å². The molecule has 88 valence electrons. The Labute approximate surface area is 101 Å². The van der Waals surface area contributed by atoms with Crippen molar-refractivity contribution in [1.82, 2.24) is 0 Å². The molecule has 0 fully saturated rings. The average Bonchev–Trinajstić information content (AvgIpc) is 2.31. The molecule has 2 aromatic rings. The molecule has 3 nitrogen and oxygen atoms in total. The second-order valence-electron chi connectivity index (χ2n) is 3.83. The molecular weight excluding hydrogens is 214 g/mol. The maximum Gasteiger partial charge on any atom is 0.150 e. The van der Waals surface area contributed by atoms with Crippen LogP contribution < -0.4 is 15.2 Å². The number of para-hydroxylation sites is 2. The summed E-state index contributed by atoms with van der Waals surface area (Å²) in [7, 11) is 1.63. The predicted molar refractivity (Wildman–Crippen MR) is 68.7 cm³/mol. The number of methoxy groups -OCH3 is 1. The lowest BCUT2D eigenvalue weighted by molar-refractivity contribution is 0.408. The van der Waals surface area contributed by atoms with Gasteiger partial charge in [0.2, 0.25) is 0 Å². The van der Waals surface area contributed by atoms with Crippen LogP contribution in [0.15, 0.2) is 42.5 Å². The summed E-state index contributed by atoms with van der Waals surface area (Å²) in [5.41, 5.74) is 7.52. The van der Waals surface area contributed by atoms with Crippen LogP contribution >= 0.6 is 0 Å². The predicted octanol–water partition coefficient (Wildman–Crippen LogP) is 3.38. The van der Waals surface area contributed by atoms with Crippen molar-refractivity contribution < 1.29 is 9.47 Å². The van der Waals surface area contributed by atoms with E-state index in [1.54, 1.807) is 7.11 Å². The van der Waals surface area contributed by atoms with Gasteiger partial charge in [-0.15, -0.1) is 0 Å². The standard InChI is InChI=1S/C14H15NO2/c1-10-7-11(16-2)9-12(8-10)17-14-6-4-3-5-13(14)15/h3-9H,15H2,1-2H3. The molecule has 3 heteroatoms. The Morgan fingerprint density at radius 2 is 1.71 bits per heavy atom. The van der Waals surface area contributed by atoms with E-state index in [0.29, 0.717) is 11.4 Å². The fourth-order valence-corrected chi connectivity index (χ4v) is 1.59. The second kappa shape index (κ2) is 4.78. The molecular formula is C14H15NO2. The molecule has 0 amide bonds. The lowest BCUT2D eigenvalue weighted by Gasteiger charge is -2.10. The van der Waals surface area contributed by atoms with Crippen LogP contribution in [0.3, 0.4) is 0 Å². The third-order valence-corrected chi connectivity index (χ3v) is 2.41. The van der Waals surface area contributed by atoms with Crippen molar-refractivity contribution in [3.05, 3.63) is 48.0 Å². The van der Waals surface area contributed by atoms with Crippen molar-refractivity contribution in [3.8, 4) is 17.2 Å². The molecule has 0 atom stereocenters. The molecule has 0 heterocycles. The van der Waals surface area contributed by atoms with Crippen LogP contribution in [-0.4, -0.2) is 7.11 Å². The monoisotopic (exact) mass is 229 g/mol. The number of anilines is 1. The average molecular weight is 229 g/mol. The largest absolute Gasteiger partial charge is 0.497 e. The van der Waals surface area contributed by atoms with Crippen LogP contribution in [0.1, 0.15) is 5.56 Å². The first-order valence-corrected chi connectivity index (χ1v) is 5.37. The number of hydrogen-bond donors (Lipinski definition) is 1. The Hall–Kier alpha value is -2.16. The molecule has 17 heavy (non-hydrogen) atoms. The third kappa shape index (κ3) is 2.69. The zero-order valence-corrected chi connectivity index (χ0v) is 9.94. The van der Waals surface area contributed by atoms with Gasteiger partial charge in [0, 0.05) is 6.07 Å². The lowest BCUT2D eigenvalue weighted by Crippen LogP contribution is -1.92. The SMILES string of the molecule is COc1cc(C)cc(Oc2ccccc2N)c1. The number of nitrogens with two attached hydrogens (primary N) is 1. The fourth-order valence-electron chi connectivity index (χ4n) is 1.59. The van der Waals surface area contributed by atoms with E-state index in [0.717, 1.165) is 17.1 Å². The molecule has 2 N–H and O–H groups in total. The van der Waals surface area contributed by atoms with Crippen LogP contribution in [-0.2, 0) is 0 Å². The summed E-state index contributed by atoms with van der Waals surface area (Å²) < 4.78 is 10.9. The molecule has 0 radical (unpaired) electrons. The van der Waals surface area contributed by atoms with E-state index in [9.17, 15) is 0 Å². The highest BCUT2D eigenvalue weighted by atomic mass is 16.5. The highest BCUT2D eigenvalue weighted by molar-refractivity contribution is 5.54. The number of nitrogen functional groups attached to an aromatic ring is 1. The Kier molecular flexibility index (Phi) is 3.19. The van der Waals surface area contributed by atoms with E-state index in [4.69, 9.17) is 15.2 Å². The van der Waals surface area contributed by atoms with Gasteiger partial charge in [0.1, 0.15) is 17.2 Å². The number of aryl methyl sites for hydroxylation is 1. The first-order chi connectivity index (χ1) is 8.19. The smallest absolute Gasteiger partial charge is 0.150 e. The third-order valence-electron chi connectivity index (χ3n) is 2.41. The van der Waals surface area contributed by atoms with Gasteiger partial charge < -0.3 is 15.2 Å². The highest BCUT2D eigenvalue weighted by Gasteiger charge is 2.03. The van der Waals surface area contributed by atoms with Crippen molar-refractivity contribution in [2.45, 2.75) is 6.92 Å². The first kappa shape index (κ1) is 11.3. The van der Waals surface area contributed by atoms with Gasteiger partial charge in [0.15, 0.2) is 0 Å². The Morgan fingerprint density at radius 3 is 2.41 bits per heavy atom. The zero-order valence-electron chi connectivity index (χ0n) is 9.94. The van der Waals surface area contributed by atoms with Gasteiger partial charge in [-0.05, 0) is 36.8 Å². The van der Waals surface area contributed by atoms with E-state index in [-0.39, 0.29) is 0 Å². The number of ether oxygens (including phenoxy) is 2. The van der Waals surface area contributed by atoms with Crippen LogP contribution in [0, 0.1) is 6.92 Å². The van der Waals surface area contributed by atoms with Crippen LogP contribution in [0.2, 0.25) is 0 Å². The van der Waals surface area contributed by atoms with Gasteiger partial charge in [-0.2, -0.15) is 0 Å². The molecule has 0 spiro atoms. The first-order valence-electron chi connectivity index (χ1n) is 5.37. The van der Waals surface area contributed by atoms with E-state index >= 15 is 0 Å². The van der Waals surface area contributed by atoms with Crippen LogP contribution in [0.25, 0.3) is 0 Å². The topological polar surface area (TPSA) is 44.5 Å². The fraction of sp³-hybridized carbons (Fsp3) is 0.143. The summed E-state index contributed by atoms with van der Waals surface area (Å²) in [6.07, 6.45) is 0. The van der Waals surface area contributed by atoms with E-state index < -0.39 is 0 Å². The molecule has 0 saturated carbocycles. The lowest BCUT2D eigenvalue weighted by atomic mass is 10.2. The molecule has 0 unspecified atom stereocenters. The van der Waals surface area contributed by atoms with Crippen LogP contribution in [0.5, 0.6) is 17.2 Å². The van der Waals surface area contributed by atoms with Crippen molar-refractivity contribution in [3.63, 3.8) is 0 Å². The minimum absolute atomic E-state index is 0.618. The second-order valence-corrected chi connectivity index (χ2v) is 3.83. The molecule has 0 saturated heterocycles. The molecule has 0 aliphatic rings. The zero-order chi connectivity index (χ0) is 12.3. The number of hydrogen-bond acceptors (Lipinski definition) is 3. The normalized spacial score (nSPS) is 10.0. The van der Waals surface area contributed by atoms with Gasteiger partial charge >= 0.3 is 0 Å². The molecule has 0 aromatic heterocycles. The summed E-state index contributed by atoms with van der Waals surface area (Å²) in [5.74, 6) is 2.15. The molecule has 0 bridgehead atoms. The van der Waals surface area contributed by atoms with Crippen molar-refractivity contribution in [1.29, 1.82) is 0 Å². The van der Waals surface area contributed by atoms with Gasteiger partial charge in [-0.25, -0.2) is 0 Å². The Bertz CT molecular complexity index is 523. The van der Waals surface area contributed by atoms with Gasteiger partial charge in [-0.1, -0.05) is 12.1 Å². The molecule has 2 aromatic carbocycles. The van der Waals surface area contributed by atoms with Crippen molar-refractivity contribution >= 4 is 5.69 Å². The van der Waals surface area contributed by atoms with Gasteiger partial charge in [0.25, 0.3) is 0 Å². The minimum atomic E-state index is 0.618. The summed E-state index contributed by atoms with van der Waals surface area (Å²) in [6.45, 7) is 1.99. The number of rotatable bonds is 3. The highest BCUT2D eigenvalue weighted by Crippen LogP contribution is 2.30. The summed E-state index contributed by atoms with van der Waals surface area (Å²) in [5, 5.41) is 0.